The summed E-state index contributed by atoms with van der Waals surface area (Å²) in [5.41, 5.74) is 3.84. The van der Waals surface area contributed by atoms with E-state index in [-0.39, 0.29) is 23.3 Å². The molecule has 0 aliphatic carbocycles. The summed E-state index contributed by atoms with van der Waals surface area (Å²) in [7, 11) is 0. The summed E-state index contributed by atoms with van der Waals surface area (Å²) in [5.74, 6) is 0.890. The molecule has 1 saturated heterocycles. The highest BCUT2D eigenvalue weighted by Gasteiger charge is 2.28. The van der Waals surface area contributed by atoms with Crippen LogP contribution in [0.2, 0.25) is 5.02 Å². The Morgan fingerprint density at radius 1 is 0.912 bits per heavy atom. The zero-order valence-corrected chi connectivity index (χ0v) is 22.5. The number of piperazine rings is 1. The van der Waals surface area contributed by atoms with E-state index in [4.69, 9.17) is 16.3 Å². The Kier molecular flexibility index (Phi) is 8.70. The molecule has 1 aliphatic heterocycles. The molecule has 1 aliphatic rings. The molecule has 0 bridgehead atoms. The molecule has 0 spiro atoms. The first-order valence-corrected chi connectivity index (χ1v) is 13.0. The number of hydrogen-bond acceptors (Lipinski definition) is 3. The van der Waals surface area contributed by atoms with E-state index < -0.39 is 0 Å². The van der Waals surface area contributed by atoms with Crippen molar-refractivity contribution in [2.45, 2.75) is 71.8 Å². The van der Waals surface area contributed by atoms with Crippen LogP contribution in [-0.2, 0) is 22.2 Å². The molecule has 0 unspecified atom stereocenters. The molecule has 5 heteroatoms. The first-order valence-electron chi connectivity index (χ1n) is 12.6. The molecule has 0 saturated carbocycles. The molecular weight excluding hydrogens is 444 g/mol. The van der Waals surface area contributed by atoms with Crippen molar-refractivity contribution in [1.29, 1.82) is 0 Å². The third-order valence-corrected chi connectivity index (χ3v) is 7.91. The number of rotatable bonds is 9. The molecule has 34 heavy (non-hydrogen) atoms. The van der Waals surface area contributed by atoms with Crippen molar-refractivity contribution >= 4 is 17.5 Å². The van der Waals surface area contributed by atoms with E-state index in [9.17, 15) is 4.79 Å². The summed E-state index contributed by atoms with van der Waals surface area (Å²) < 4.78 is 6.16. The van der Waals surface area contributed by atoms with Crippen molar-refractivity contribution in [1.82, 2.24) is 9.80 Å². The number of amides is 1. The maximum absolute atomic E-state index is 12.9. The molecule has 2 aromatic rings. The van der Waals surface area contributed by atoms with Gasteiger partial charge in [0, 0.05) is 43.3 Å². The molecule has 1 fully saturated rings. The lowest BCUT2D eigenvalue weighted by molar-refractivity contribution is -0.135. The second kappa shape index (κ2) is 11.1. The van der Waals surface area contributed by atoms with Gasteiger partial charge in [0.1, 0.15) is 5.75 Å². The maximum atomic E-state index is 12.9. The SMILES string of the molecule is CCC(C)(C)c1ccc(OCC(=O)N2CCN(Cc3ccc(Cl)cc3)CC2)c(C(C)(C)CC)c1. The topological polar surface area (TPSA) is 32.8 Å². The molecule has 1 heterocycles. The van der Waals surface area contributed by atoms with E-state index in [2.05, 4.69) is 76.8 Å². The van der Waals surface area contributed by atoms with Gasteiger partial charge in [0.05, 0.1) is 0 Å². The van der Waals surface area contributed by atoms with Crippen molar-refractivity contribution in [2.75, 3.05) is 32.8 Å². The normalized spacial score (nSPS) is 15.4. The van der Waals surface area contributed by atoms with E-state index in [1.165, 1.54) is 16.7 Å². The number of nitrogens with zero attached hydrogens (tertiary/aromatic N) is 2. The number of halogens is 1. The lowest BCUT2D eigenvalue weighted by Crippen LogP contribution is -2.49. The third kappa shape index (κ3) is 6.55. The molecule has 2 aromatic carbocycles. The number of carbonyl (C=O) groups excluding carboxylic acids is 1. The van der Waals surface area contributed by atoms with Crippen molar-refractivity contribution in [3.63, 3.8) is 0 Å². The van der Waals surface area contributed by atoms with Gasteiger partial charge in [0.15, 0.2) is 6.61 Å². The summed E-state index contributed by atoms with van der Waals surface area (Å²) >= 11 is 5.99. The van der Waals surface area contributed by atoms with Crippen molar-refractivity contribution in [3.05, 3.63) is 64.2 Å². The quantitative estimate of drug-likeness (QED) is 0.410. The van der Waals surface area contributed by atoms with Crippen LogP contribution >= 0.6 is 11.6 Å². The summed E-state index contributed by atoms with van der Waals surface area (Å²) in [5, 5.41) is 0.758. The Morgan fingerprint density at radius 3 is 2.12 bits per heavy atom. The molecule has 0 N–H and O–H groups in total. The Hall–Kier alpha value is -2.04. The average Bonchev–Trinajstić information content (AvgIpc) is 2.84. The predicted molar refractivity (Wildman–Crippen MR) is 142 cm³/mol. The smallest absolute Gasteiger partial charge is 0.260 e. The van der Waals surface area contributed by atoms with E-state index in [0.717, 1.165) is 56.3 Å². The van der Waals surface area contributed by atoms with Gasteiger partial charge in [-0.1, -0.05) is 77.4 Å². The lowest BCUT2D eigenvalue weighted by Gasteiger charge is -2.35. The van der Waals surface area contributed by atoms with Crippen LogP contribution in [0.5, 0.6) is 5.75 Å². The van der Waals surface area contributed by atoms with Crippen LogP contribution in [0.15, 0.2) is 42.5 Å². The fourth-order valence-corrected chi connectivity index (χ4v) is 4.36. The Bertz CT molecular complexity index is 961. The van der Waals surface area contributed by atoms with Crippen molar-refractivity contribution in [3.8, 4) is 5.75 Å². The number of carbonyl (C=O) groups is 1. The molecule has 186 valence electrons. The average molecular weight is 485 g/mol. The van der Waals surface area contributed by atoms with Gasteiger partial charge in [-0.3, -0.25) is 9.69 Å². The lowest BCUT2D eigenvalue weighted by atomic mass is 9.76. The molecule has 4 nitrogen and oxygen atoms in total. The van der Waals surface area contributed by atoms with E-state index >= 15 is 0 Å². The van der Waals surface area contributed by atoms with Crippen LogP contribution in [0, 0.1) is 0 Å². The fourth-order valence-electron chi connectivity index (χ4n) is 4.23. The van der Waals surface area contributed by atoms with Crippen LogP contribution in [0.1, 0.15) is 71.1 Å². The summed E-state index contributed by atoms with van der Waals surface area (Å²) in [4.78, 5) is 17.3. The Morgan fingerprint density at radius 2 is 1.53 bits per heavy atom. The van der Waals surface area contributed by atoms with Crippen molar-refractivity contribution < 1.29 is 9.53 Å². The predicted octanol–water partition coefficient (Wildman–Crippen LogP) is 6.44. The second-order valence-corrected chi connectivity index (χ2v) is 11.2. The summed E-state index contributed by atoms with van der Waals surface area (Å²) in [6.45, 7) is 17.6. The second-order valence-electron chi connectivity index (χ2n) is 10.8. The molecule has 1 amide bonds. The van der Waals surface area contributed by atoms with Crippen molar-refractivity contribution in [2.24, 2.45) is 0 Å². The minimum Gasteiger partial charge on any atom is -0.483 e. The summed E-state index contributed by atoms with van der Waals surface area (Å²) in [6, 6.07) is 14.5. The molecule has 3 rings (SSSR count). The molecule has 0 atom stereocenters. The maximum Gasteiger partial charge on any atom is 0.260 e. The Labute approximate surface area is 211 Å². The van der Waals surface area contributed by atoms with Crippen LogP contribution in [0.25, 0.3) is 0 Å². The van der Waals surface area contributed by atoms with Crippen LogP contribution < -0.4 is 4.74 Å². The Balaban J connectivity index is 1.60. The van der Waals surface area contributed by atoms with E-state index in [1.807, 2.05) is 17.0 Å². The molecule has 0 aromatic heterocycles. The highest BCUT2D eigenvalue weighted by atomic mass is 35.5. The highest BCUT2D eigenvalue weighted by molar-refractivity contribution is 6.30. The zero-order chi connectivity index (χ0) is 24.9. The van der Waals surface area contributed by atoms with Gasteiger partial charge in [-0.15, -0.1) is 0 Å². The highest BCUT2D eigenvalue weighted by Crippen LogP contribution is 2.38. The number of ether oxygens (including phenoxy) is 1. The van der Waals surface area contributed by atoms with E-state index in [0.29, 0.717) is 0 Å². The van der Waals surface area contributed by atoms with Gasteiger partial charge in [-0.05, 0) is 53.0 Å². The van der Waals surface area contributed by atoms with Crippen LogP contribution in [0.3, 0.4) is 0 Å². The van der Waals surface area contributed by atoms with Crippen LogP contribution in [-0.4, -0.2) is 48.5 Å². The zero-order valence-electron chi connectivity index (χ0n) is 21.8. The molecule has 0 radical (unpaired) electrons. The number of hydrogen-bond donors (Lipinski definition) is 0. The van der Waals surface area contributed by atoms with Gasteiger partial charge in [0.2, 0.25) is 0 Å². The fraction of sp³-hybridized carbons (Fsp3) is 0.552. The summed E-state index contributed by atoms with van der Waals surface area (Å²) in [6.07, 6.45) is 2.07. The van der Waals surface area contributed by atoms with Gasteiger partial charge < -0.3 is 9.64 Å². The standard InChI is InChI=1S/C29H41ClN2O2/c1-7-28(3,4)23-11-14-26(25(19-23)29(5,6)8-2)34-21-27(33)32-17-15-31(16-18-32)20-22-9-12-24(30)13-10-22/h9-14,19H,7-8,15-18,20-21H2,1-6H3. The third-order valence-electron chi connectivity index (χ3n) is 7.65. The molecular formula is C29H41ClN2O2. The van der Waals surface area contributed by atoms with E-state index in [1.54, 1.807) is 0 Å². The van der Waals surface area contributed by atoms with Gasteiger partial charge in [-0.2, -0.15) is 0 Å². The first-order chi connectivity index (χ1) is 16.1. The van der Waals surface area contributed by atoms with Gasteiger partial charge >= 0.3 is 0 Å². The van der Waals surface area contributed by atoms with Crippen LogP contribution in [0.4, 0.5) is 0 Å². The monoisotopic (exact) mass is 484 g/mol. The minimum atomic E-state index is -0.0223. The number of benzene rings is 2. The largest absolute Gasteiger partial charge is 0.483 e. The minimum absolute atomic E-state index is 0.0223. The van der Waals surface area contributed by atoms with Gasteiger partial charge in [0.25, 0.3) is 5.91 Å². The first kappa shape index (κ1) is 26.6. The van der Waals surface area contributed by atoms with Gasteiger partial charge in [-0.25, -0.2) is 0 Å².